The minimum atomic E-state index is 0.173. The molecule has 0 amide bonds. The van der Waals surface area contributed by atoms with Crippen molar-refractivity contribution >= 4 is 5.78 Å². The number of rotatable bonds is 4. The van der Waals surface area contributed by atoms with E-state index in [2.05, 4.69) is 46.6 Å². The highest BCUT2D eigenvalue weighted by Crippen LogP contribution is 2.84. The summed E-state index contributed by atoms with van der Waals surface area (Å²) >= 11 is 0. The molecule has 0 aromatic rings. The monoisotopic (exact) mass is 265 g/mol. The van der Waals surface area contributed by atoms with E-state index in [4.69, 9.17) is 0 Å². The average Bonchev–Trinajstić information content (AvgIpc) is 2.60. The topological polar surface area (TPSA) is 20.3 Å². The first-order chi connectivity index (χ1) is 8.70. The Morgan fingerprint density at radius 3 is 2.21 bits per heavy atom. The van der Waals surface area contributed by atoms with Gasteiger partial charge in [-0.2, -0.15) is 0 Å². The SMILES string of the molecule is CCC1(CC)C(C)(C)C12CC([C@H](C)C(C)=O)N(C)C2. The molecule has 3 atom stereocenters. The van der Waals surface area contributed by atoms with E-state index in [0.717, 1.165) is 0 Å². The van der Waals surface area contributed by atoms with Gasteiger partial charge in [0, 0.05) is 18.5 Å². The standard InChI is InChI=1S/C17H31NO/c1-8-16(9-2)15(5,6)17(16)10-14(18(7)11-17)12(3)13(4)19/h12,14H,8-11H2,1-7H3/t12-,14?,17?/m1/s1. The Hall–Kier alpha value is -0.370. The van der Waals surface area contributed by atoms with Gasteiger partial charge in [-0.3, -0.25) is 4.79 Å². The van der Waals surface area contributed by atoms with E-state index >= 15 is 0 Å². The predicted molar refractivity (Wildman–Crippen MR) is 80.1 cm³/mol. The van der Waals surface area contributed by atoms with Crippen molar-refractivity contribution in [3.05, 3.63) is 0 Å². The molecule has 0 N–H and O–H groups in total. The maximum Gasteiger partial charge on any atom is 0.134 e. The smallest absolute Gasteiger partial charge is 0.134 e. The molecule has 0 aromatic carbocycles. The van der Waals surface area contributed by atoms with Crippen molar-refractivity contribution in [1.82, 2.24) is 4.90 Å². The molecule has 1 heterocycles. The fraction of sp³-hybridized carbons (Fsp3) is 0.941. The Balaban J connectivity index is 2.29. The van der Waals surface area contributed by atoms with E-state index in [9.17, 15) is 4.79 Å². The Morgan fingerprint density at radius 1 is 1.32 bits per heavy atom. The zero-order chi connectivity index (χ0) is 14.6. The molecule has 0 bridgehead atoms. The largest absolute Gasteiger partial charge is 0.302 e. The summed E-state index contributed by atoms with van der Waals surface area (Å²) in [5.74, 6) is 0.512. The molecule has 0 radical (unpaired) electrons. The van der Waals surface area contributed by atoms with Crippen molar-refractivity contribution in [2.24, 2.45) is 22.2 Å². The number of ketones is 1. The Bertz CT molecular complexity index is 383. The van der Waals surface area contributed by atoms with Crippen LogP contribution in [0.25, 0.3) is 0 Å². The van der Waals surface area contributed by atoms with Gasteiger partial charge in [-0.1, -0.05) is 34.6 Å². The molecule has 2 rings (SSSR count). The number of carbonyl (C=O) groups excluding carboxylic acids is 1. The van der Waals surface area contributed by atoms with Crippen LogP contribution in [0.1, 0.15) is 60.8 Å². The summed E-state index contributed by atoms with van der Waals surface area (Å²) < 4.78 is 0. The van der Waals surface area contributed by atoms with Crippen molar-refractivity contribution < 1.29 is 4.79 Å². The van der Waals surface area contributed by atoms with Gasteiger partial charge in [0.05, 0.1) is 0 Å². The van der Waals surface area contributed by atoms with Gasteiger partial charge in [-0.25, -0.2) is 0 Å². The first-order valence-corrected chi connectivity index (χ1v) is 7.91. The van der Waals surface area contributed by atoms with Gasteiger partial charge in [0.25, 0.3) is 0 Å². The normalized spacial score (nSPS) is 37.5. The number of carbonyl (C=O) groups is 1. The molecular weight excluding hydrogens is 234 g/mol. The van der Waals surface area contributed by atoms with Gasteiger partial charge in [-0.05, 0) is 49.5 Å². The number of Topliss-reactive ketones (excluding diaryl/α,β-unsaturated/α-hetero) is 1. The minimum absolute atomic E-state index is 0.173. The number of nitrogens with zero attached hydrogens (tertiary/aromatic N) is 1. The fourth-order valence-corrected chi connectivity index (χ4v) is 5.82. The minimum Gasteiger partial charge on any atom is -0.302 e. The summed E-state index contributed by atoms with van der Waals surface area (Å²) in [4.78, 5) is 14.2. The van der Waals surface area contributed by atoms with Crippen molar-refractivity contribution in [2.75, 3.05) is 13.6 Å². The lowest BCUT2D eigenvalue weighted by Crippen LogP contribution is -2.34. The Labute approximate surface area is 118 Å². The summed E-state index contributed by atoms with van der Waals surface area (Å²) in [7, 11) is 2.21. The number of hydrogen-bond donors (Lipinski definition) is 0. The predicted octanol–water partition coefficient (Wildman–Crippen LogP) is 3.75. The highest BCUT2D eigenvalue weighted by Gasteiger charge is 2.81. The van der Waals surface area contributed by atoms with Crippen molar-refractivity contribution in [1.29, 1.82) is 0 Å². The maximum atomic E-state index is 11.7. The van der Waals surface area contributed by atoms with Crippen molar-refractivity contribution in [3.63, 3.8) is 0 Å². The van der Waals surface area contributed by atoms with Crippen LogP contribution in [0, 0.1) is 22.2 Å². The quantitative estimate of drug-likeness (QED) is 0.771. The van der Waals surface area contributed by atoms with E-state index in [-0.39, 0.29) is 5.92 Å². The van der Waals surface area contributed by atoms with Gasteiger partial charge in [0.2, 0.25) is 0 Å². The fourth-order valence-electron chi connectivity index (χ4n) is 5.82. The summed E-state index contributed by atoms with van der Waals surface area (Å²) in [5, 5.41) is 0. The van der Waals surface area contributed by atoms with Crippen LogP contribution in [0.3, 0.4) is 0 Å². The van der Waals surface area contributed by atoms with Crippen LogP contribution in [-0.2, 0) is 4.79 Å². The van der Waals surface area contributed by atoms with Crippen LogP contribution >= 0.6 is 0 Å². The van der Waals surface area contributed by atoms with Crippen LogP contribution in [-0.4, -0.2) is 30.3 Å². The molecule has 1 spiro atoms. The van der Waals surface area contributed by atoms with Gasteiger partial charge >= 0.3 is 0 Å². The molecule has 1 saturated heterocycles. The number of hydrogen-bond acceptors (Lipinski definition) is 2. The Kier molecular flexibility index (Phi) is 3.41. The van der Waals surface area contributed by atoms with Crippen LogP contribution in [0.4, 0.5) is 0 Å². The van der Waals surface area contributed by atoms with E-state index < -0.39 is 0 Å². The molecule has 1 saturated carbocycles. The molecule has 2 heteroatoms. The average molecular weight is 265 g/mol. The van der Waals surface area contributed by atoms with E-state index in [1.54, 1.807) is 6.92 Å². The summed E-state index contributed by atoms with van der Waals surface area (Å²) in [6, 6.07) is 0.441. The second-order valence-electron chi connectivity index (χ2n) is 7.58. The molecule has 0 aromatic heterocycles. The second-order valence-corrected chi connectivity index (χ2v) is 7.58. The maximum absolute atomic E-state index is 11.7. The van der Waals surface area contributed by atoms with E-state index in [1.165, 1.54) is 25.8 Å². The van der Waals surface area contributed by atoms with Gasteiger partial charge in [0.15, 0.2) is 0 Å². The van der Waals surface area contributed by atoms with E-state index in [1.807, 2.05) is 0 Å². The Morgan fingerprint density at radius 2 is 1.84 bits per heavy atom. The van der Waals surface area contributed by atoms with Gasteiger partial charge in [-0.15, -0.1) is 0 Å². The van der Waals surface area contributed by atoms with Gasteiger partial charge in [0.1, 0.15) is 5.78 Å². The third-order valence-corrected chi connectivity index (χ3v) is 7.31. The van der Waals surface area contributed by atoms with Crippen LogP contribution in [0.2, 0.25) is 0 Å². The summed E-state index contributed by atoms with van der Waals surface area (Å²) in [5.41, 5.74) is 1.34. The molecule has 19 heavy (non-hydrogen) atoms. The molecule has 2 aliphatic rings. The molecular formula is C17H31NO. The third kappa shape index (κ3) is 1.55. The first kappa shape index (κ1) is 15.0. The van der Waals surface area contributed by atoms with Crippen LogP contribution < -0.4 is 0 Å². The third-order valence-electron chi connectivity index (χ3n) is 7.31. The molecule has 2 fully saturated rings. The zero-order valence-electron chi connectivity index (χ0n) is 13.8. The zero-order valence-corrected chi connectivity index (χ0v) is 13.8. The second kappa shape index (κ2) is 4.31. The van der Waals surface area contributed by atoms with Crippen molar-refractivity contribution in [3.8, 4) is 0 Å². The first-order valence-electron chi connectivity index (χ1n) is 7.91. The molecule has 1 aliphatic heterocycles. The highest BCUT2D eigenvalue weighted by molar-refractivity contribution is 5.78. The van der Waals surface area contributed by atoms with Crippen LogP contribution in [0.15, 0.2) is 0 Å². The molecule has 1 aliphatic carbocycles. The van der Waals surface area contributed by atoms with Crippen molar-refractivity contribution in [2.45, 2.75) is 66.8 Å². The van der Waals surface area contributed by atoms with E-state index in [0.29, 0.717) is 28.1 Å². The molecule has 2 unspecified atom stereocenters. The lowest BCUT2D eigenvalue weighted by Gasteiger charge is -2.23. The lowest BCUT2D eigenvalue weighted by molar-refractivity contribution is -0.121. The van der Waals surface area contributed by atoms with Crippen LogP contribution in [0.5, 0.6) is 0 Å². The summed E-state index contributed by atoms with van der Waals surface area (Å²) in [6.45, 7) is 14.6. The lowest BCUT2D eigenvalue weighted by atomic mass is 9.84. The molecule has 110 valence electrons. The summed E-state index contributed by atoms with van der Waals surface area (Å²) in [6.07, 6.45) is 3.75. The van der Waals surface area contributed by atoms with Gasteiger partial charge < -0.3 is 4.90 Å². The highest BCUT2D eigenvalue weighted by atomic mass is 16.1. The molecule has 2 nitrogen and oxygen atoms in total. The number of likely N-dealkylation sites (tertiary alicyclic amines) is 1.